The van der Waals surface area contributed by atoms with Crippen LogP contribution in [0.15, 0.2) is 66.7 Å². The summed E-state index contributed by atoms with van der Waals surface area (Å²) < 4.78 is 16.2. The molecule has 3 aromatic rings. The van der Waals surface area contributed by atoms with Gasteiger partial charge in [0.2, 0.25) is 0 Å². The molecule has 0 amide bonds. The van der Waals surface area contributed by atoms with Crippen LogP contribution in [-0.2, 0) is 12.8 Å². The van der Waals surface area contributed by atoms with E-state index in [4.69, 9.17) is 14.2 Å². The number of halogens is 1. The molecule has 0 saturated carbocycles. The Labute approximate surface area is 215 Å². The van der Waals surface area contributed by atoms with Crippen LogP contribution in [0.2, 0.25) is 0 Å². The van der Waals surface area contributed by atoms with Crippen molar-refractivity contribution in [1.29, 1.82) is 0 Å². The SMILES string of the molecule is COc1ccc(C#Cc2ccccc2)c(CCCN(C)CCc2ccc(OC)c(OC)c2)c1.Cl.O. The van der Waals surface area contributed by atoms with Gasteiger partial charge < -0.3 is 24.6 Å². The van der Waals surface area contributed by atoms with E-state index in [1.807, 2.05) is 42.5 Å². The van der Waals surface area contributed by atoms with Gasteiger partial charge in [0.15, 0.2) is 11.5 Å². The maximum absolute atomic E-state index is 5.45. The number of likely N-dealkylation sites (N-methyl/N-ethyl adjacent to an activating group) is 1. The van der Waals surface area contributed by atoms with Gasteiger partial charge in [0.25, 0.3) is 0 Å². The second kappa shape index (κ2) is 15.7. The fourth-order valence-corrected chi connectivity index (χ4v) is 3.69. The minimum atomic E-state index is 0. The van der Waals surface area contributed by atoms with Gasteiger partial charge in [0.05, 0.1) is 21.3 Å². The molecule has 0 unspecified atom stereocenters. The molecule has 0 bridgehead atoms. The molecule has 0 aromatic heterocycles. The third-order valence-corrected chi connectivity index (χ3v) is 5.64. The molecule has 6 heteroatoms. The normalized spacial score (nSPS) is 9.86. The Kier molecular flexibility index (Phi) is 13.4. The second-order valence-corrected chi connectivity index (χ2v) is 7.99. The molecular formula is C29H36ClNO4. The first-order valence-electron chi connectivity index (χ1n) is 11.3. The van der Waals surface area contributed by atoms with Crippen LogP contribution in [0.3, 0.4) is 0 Å². The molecule has 35 heavy (non-hydrogen) atoms. The lowest BCUT2D eigenvalue weighted by atomic mass is 10.0. The number of methoxy groups -OCH3 is 3. The maximum Gasteiger partial charge on any atom is 0.160 e. The van der Waals surface area contributed by atoms with Gasteiger partial charge in [-0.05, 0) is 86.4 Å². The molecule has 0 heterocycles. The predicted molar refractivity (Wildman–Crippen MR) is 145 cm³/mol. The molecule has 188 valence electrons. The molecule has 0 atom stereocenters. The first-order valence-corrected chi connectivity index (χ1v) is 11.3. The highest BCUT2D eigenvalue weighted by Gasteiger charge is 2.07. The van der Waals surface area contributed by atoms with Crippen LogP contribution >= 0.6 is 12.4 Å². The summed E-state index contributed by atoms with van der Waals surface area (Å²) in [6, 6.07) is 22.4. The van der Waals surface area contributed by atoms with Gasteiger partial charge in [-0.2, -0.15) is 0 Å². The topological polar surface area (TPSA) is 62.4 Å². The highest BCUT2D eigenvalue weighted by Crippen LogP contribution is 2.27. The summed E-state index contributed by atoms with van der Waals surface area (Å²) in [4.78, 5) is 2.37. The summed E-state index contributed by atoms with van der Waals surface area (Å²) in [6.07, 6.45) is 2.97. The zero-order valence-electron chi connectivity index (χ0n) is 21.0. The monoisotopic (exact) mass is 497 g/mol. The van der Waals surface area contributed by atoms with E-state index in [1.165, 1.54) is 11.1 Å². The van der Waals surface area contributed by atoms with Crippen LogP contribution < -0.4 is 14.2 Å². The summed E-state index contributed by atoms with van der Waals surface area (Å²) in [5, 5.41) is 0. The molecule has 0 spiro atoms. The minimum absolute atomic E-state index is 0. The van der Waals surface area contributed by atoms with Crippen molar-refractivity contribution in [2.45, 2.75) is 19.3 Å². The molecule has 3 rings (SSSR count). The highest BCUT2D eigenvalue weighted by molar-refractivity contribution is 5.85. The van der Waals surface area contributed by atoms with Crippen molar-refractivity contribution in [1.82, 2.24) is 4.90 Å². The average Bonchev–Trinajstić information content (AvgIpc) is 2.87. The van der Waals surface area contributed by atoms with Crippen LogP contribution in [-0.4, -0.2) is 51.8 Å². The Morgan fingerprint density at radius 2 is 1.49 bits per heavy atom. The van der Waals surface area contributed by atoms with Crippen molar-refractivity contribution >= 4 is 12.4 Å². The Hall–Kier alpha value is -3.17. The number of benzene rings is 3. The summed E-state index contributed by atoms with van der Waals surface area (Å²) in [7, 11) is 7.20. The number of hydrogen-bond acceptors (Lipinski definition) is 4. The number of rotatable bonds is 10. The minimum Gasteiger partial charge on any atom is -0.497 e. The maximum atomic E-state index is 5.45. The Morgan fingerprint density at radius 3 is 2.17 bits per heavy atom. The number of ether oxygens (including phenoxy) is 3. The molecule has 0 radical (unpaired) electrons. The fourth-order valence-electron chi connectivity index (χ4n) is 3.69. The van der Waals surface area contributed by atoms with Gasteiger partial charge in [-0.25, -0.2) is 0 Å². The van der Waals surface area contributed by atoms with Crippen molar-refractivity contribution in [3.63, 3.8) is 0 Å². The van der Waals surface area contributed by atoms with Crippen molar-refractivity contribution < 1.29 is 19.7 Å². The molecule has 0 aliphatic carbocycles. The van der Waals surface area contributed by atoms with Gasteiger partial charge in [-0.1, -0.05) is 36.1 Å². The van der Waals surface area contributed by atoms with E-state index in [9.17, 15) is 0 Å². The molecule has 3 aromatic carbocycles. The molecule has 0 saturated heterocycles. The lowest BCUT2D eigenvalue weighted by Gasteiger charge is -2.17. The summed E-state index contributed by atoms with van der Waals surface area (Å²) in [5.41, 5.74) is 4.55. The van der Waals surface area contributed by atoms with Crippen molar-refractivity contribution in [3.8, 4) is 29.1 Å². The quantitative estimate of drug-likeness (QED) is 0.377. The van der Waals surface area contributed by atoms with E-state index in [0.717, 1.165) is 60.7 Å². The van der Waals surface area contributed by atoms with Gasteiger partial charge in [-0.3, -0.25) is 0 Å². The molecular weight excluding hydrogens is 462 g/mol. The van der Waals surface area contributed by atoms with Gasteiger partial charge in [0.1, 0.15) is 5.75 Å². The van der Waals surface area contributed by atoms with Crippen molar-refractivity contribution in [3.05, 3.63) is 89.0 Å². The van der Waals surface area contributed by atoms with Crippen LogP contribution in [0.4, 0.5) is 0 Å². The van der Waals surface area contributed by atoms with Gasteiger partial charge in [-0.15, -0.1) is 12.4 Å². The van der Waals surface area contributed by atoms with Gasteiger partial charge >= 0.3 is 0 Å². The van der Waals surface area contributed by atoms with Gasteiger partial charge in [0, 0.05) is 17.7 Å². The van der Waals surface area contributed by atoms with Crippen molar-refractivity contribution in [2.24, 2.45) is 0 Å². The Morgan fingerprint density at radius 1 is 0.743 bits per heavy atom. The third kappa shape index (κ3) is 9.18. The summed E-state index contributed by atoms with van der Waals surface area (Å²) in [6.45, 7) is 1.99. The van der Waals surface area contributed by atoms with E-state index < -0.39 is 0 Å². The van der Waals surface area contributed by atoms with Crippen LogP contribution in [0.25, 0.3) is 0 Å². The van der Waals surface area contributed by atoms with Crippen LogP contribution in [0, 0.1) is 11.8 Å². The molecule has 0 fully saturated rings. The fraction of sp³-hybridized carbons (Fsp3) is 0.310. The smallest absolute Gasteiger partial charge is 0.160 e. The van der Waals surface area contributed by atoms with Crippen molar-refractivity contribution in [2.75, 3.05) is 41.5 Å². The Balaban J connectivity index is 0.00000306. The molecule has 5 nitrogen and oxygen atoms in total. The van der Waals surface area contributed by atoms with Crippen LogP contribution in [0.1, 0.15) is 28.7 Å². The lowest BCUT2D eigenvalue weighted by molar-refractivity contribution is 0.332. The van der Waals surface area contributed by atoms with E-state index in [-0.39, 0.29) is 17.9 Å². The third-order valence-electron chi connectivity index (χ3n) is 5.64. The standard InChI is InChI=1S/C29H33NO3.ClH.H2O/c1-30(20-18-24-13-17-28(32-3)29(21-24)33-4)19-8-11-26-22-27(31-2)16-15-25(26)14-12-23-9-6-5-7-10-23;;/h5-7,9-10,13,15-17,21-22H,8,11,18-20H2,1-4H3;1H;1H2. The average molecular weight is 498 g/mol. The molecule has 2 N–H and O–H groups in total. The largest absolute Gasteiger partial charge is 0.497 e. The van der Waals surface area contributed by atoms with Crippen LogP contribution in [0.5, 0.6) is 17.2 Å². The van der Waals surface area contributed by atoms with E-state index >= 15 is 0 Å². The second-order valence-electron chi connectivity index (χ2n) is 7.99. The zero-order chi connectivity index (χ0) is 23.5. The predicted octanol–water partition coefficient (Wildman–Crippen LogP) is 4.82. The number of aryl methyl sites for hydroxylation is 1. The first-order chi connectivity index (χ1) is 16.1. The summed E-state index contributed by atoms with van der Waals surface area (Å²) >= 11 is 0. The lowest BCUT2D eigenvalue weighted by Crippen LogP contribution is -2.23. The van der Waals surface area contributed by atoms with E-state index in [1.54, 1.807) is 21.3 Å². The summed E-state index contributed by atoms with van der Waals surface area (Å²) in [5.74, 6) is 9.03. The van der Waals surface area contributed by atoms with E-state index in [2.05, 4.69) is 48.1 Å². The number of hydrogen-bond donors (Lipinski definition) is 0. The first kappa shape index (κ1) is 29.9. The highest BCUT2D eigenvalue weighted by atomic mass is 35.5. The Bertz CT molecular complexity index is 1090. The molecule has 0 aliphatic heterocycles. The zero-order valence-corrected chi connectivity index (χ0v) is 21.8. The molecule has 0 aliphatic rings. The van der Waals surface area contributed by atoms with E-state index in [0.29, 0.717) is 0 Å². The number of nitrogens with zero attached hydrogens (tertiary/aromatic N) is 1.